The predicted octanol–water partition coefficient (Wildman–Crippen LogP) is 2.46. The largest absolute Gasteiger partial charge is 0.484 e. The van der Waals surface area contributed by atoms with Gasteiger partial charge in [0.05, 0.1) is 24.3 Å². The molecule has 10 heteroatoms. The number of fused-ring (bicyclic) bond motifs is 1. The van der Waals surface area contributed by atoms with E-state index in [2.05, 4.69) is 15.0 Å². The molecule has 2 heterocycles. The zero-order chi connectivity index (χ0) is 19.9. The van der Waals surface area contributed by atoms with Crippen LogP contribution in [0.5, 0.6) is 11.8 Å². The number of anilines is 1. The molecule has 1 N–H and O–H groups in total. The lowest BCUT2D eigenvalue weighted by Crippen LogP contribution is -2.25. The molecule has 0 atom stereocenters. The van der Waals surface area contributed by atoms with E-state index in [0.717, 1.165) is 12.8 Å². The monoisotopic (exact) mass is 395 g/mol. The third-order valence-corrected chi connectivity index (χ3v) is 4.38. The molecule has 1 aromatic heterocycles. The van der Waals surface area contributed by atoms with Gasteiger partial charge in [-0.25, -0.2) is 4.57 Å². The minimum Gasteiger partial charge on any atom is -0.484 e. The van der Waals surface area contributed by atoms with Crippen LogP contribution in [0.2, 0.25) is 0 Å². The number of carbonyl (C=O) groups excluding carboxylic acids is 1. The molecule has 2 aromatic rings. The molecule has 0 bridgehead atoms. The highest BCUT2D eigenvalue weighted by Crippen LogP contribution is 2.30. The van der Waals surface area contributed by atoms with Gasteiger partial charge in [-0.2, -0.15) is 18.2 Å². The van der Waals surface area contributed by atoms with Gasteiger partial charge in [0.15, 0.2) is 6.61 Å². The number of alkyl halides is 3. The van der Waals surface area contributed by atoms with Crippen molar-refractivity contribution in [3.8, 4) is 17.4 Å². The summed E-state index contributed by atoms with van der Waals surface area (Å²) in [7, 11) is 0. The number of aromatic nitrogens is 2. The summed E-state index contributed by atoms with van der Waals surface area (Å²) in [6.45, 7) is -1.01. The fourth-order valence-electron chi connectivity index (χ4n) is 2.79. The van der Waals surface area contributed by atoms with Gasteiger partial charge in [-0.3, -0.25) is 9.59 Å². The van der Waals surface area contributed by atoms with Gasteiger partial charge < -0.3 is 14.8 Å². The van der Waals surface area contributed by atoms with Crippen molar-refractivity contribution >= 4 is 11.7 Å². The second kappa shape index (κ2) is 6.84. The molecular weight excluding hydrogens is 379 g/mol. The molecule has 7 nitrogen and oxygen atoms in total. The Morgan fingerprint density at radius 3 is 2.50 bits per heavy atom. The Balaban J connectivity index is 1.66. The molecule has 1 aromatic carbocycles. The topological polar surface area (TPSA) is 82.4 Å². The van der Waals surface area contributed by atoms with Crippen LogP contribution < -0.4 is 20.3 Å². The molecule has 4 rings (SSSR count). The molecule has 0 saturated heterocycles. The summed E-state index contributed by atoms with van der Waals surface area (Å²) < 4.78 is 48.4. The molecule has 0 radical (unpaired) electrons. The van der Waals surface area contributed by atoms with Crippen molar-refractivity contribution in [2.24, 2.45) is 5.92 Å². The number of halogens is 3. The highest BCUT2D eigenvalue weighted by molar-refractivity contribution is 5.97. The SMILES string of the molecule is O=C1Cc2c(nc(OCC3CC3)n(-c3ccc(OCC(F)(F)F)cc3)c2=O)N1. The van der Waals surface area contributed by atoms with E-state index in [0.29, 0.717) is 18.2 Å². The van der Waals surface area contributed by atoms with Crippen LogP contribution >= 0.6 is 0 Å². The lowest BCUT2D eigenvalue weighted by molar-refractivity contribution is -0.153. The van der Waals surface area contributed by atoms with E-state index >= 15 is 0 Å². The molecule has 148 valence electrons. The highest BCUT2D eigenvalue weighted by atomic mass is 19.4. The molecular formula is C18H16F3N3O4. The maximum atomic E-state index is 12.9. The Morgan fingerprint density at radius 1 is 1.14 bits per heavy atom. The van der Waals surface area contributed by atoms with E-state index < -0.39 is 18.3 Å². The zero-order valence-corrected chi connectivity index (χ0v) is 14.6. The first-order valence-corrected chi connectivity index (χ1v) is 8.69. The van der Waals surface area contributed by atoms with E-state index in [1.807, 2.05) is 0 Å². The van der Waals surface area contributed by atoms with Crippen LogP contribution in [0, 0.1) is 5.92 Å². The molecule has 1 aliphatic heterocycles. The first-order chi connectivity index (χ1) is 13.3. The first-order valence-electron chi connectivity index (χ1n) is 8.69. The zero-order valence-electron chi connectivity index (χ0n) is 14.6. The van der Waals surface area contributed by atoms with Gasteiger partial charge in [0.25, 0.3) is 5.56 Å². The molecule has 0 spiro atoms. The fraction of sp³-hybridized carbons (Fsp3) is 0.389. The fourth-order valence-corrected chi connectivity index (χ4v) is 2.79. The summed E-state index contributed by atoms with van der Waals surface area (Å²) in [6, 6.07) is 5.57. The average molecular weight is 395 g/mol. The van der Waals surface area contributed by atoms with Crippen molar-refractivity contribution in [1.29, 1.82) is 0 Å². The first kappa shape index (κ1) is 18.3. The van der Waals surface area contributed by atoms with Gasteiger partial charge in [-0.15, -0.1) is 0 Å². The number of hydrogen-bond acceptors (Lipinski definition) is 5. The summed E-state index contributed by atoms with van der Waals surface area (Å²) in [4.78, 5) is 28.8. The summed E-state index contributed by atoms with van der Waals surface area (Å²) in [5.41, 5.74) is 0.115. The van der Waals surface area contributed by atoms with Gasteiger partial charge >= 0.3 is 12.2 Å². The molecule has 1 aliphatic carbocycles. The normalized spacial score (nSPS) is 15.9. The van der Waals surface area contributed by atoms with Gasteiger partial charge in [0.1, 0.15) is 11.6 Å². The Hall–Kier alpha value is -3.04. The Labute approximate surface area is 157 Å². The van der Waals surface area contributed by atoms with Gasteiger partial charge in [0, 0.05) is 0 Å². The van der Waals surface area contributed by atoms with Crippen molar-refractivity contribution in [2.45, 2.75) is 25.4 Å². The third-order valence-electron chi connectivity index (χ3n) is 4.38. The average Bonchev–Trinajstić information content (AvgIpc) is 3.39. The Bertz CT molecular complexity index is 966. The summed E-state index contributed by atoms with van der Waals surface area (Å²) in [5, 5.41) is 2.53. The van der Waals surface area contributed by atoms with Crippen LogP contribution in [0.4, 0.5) is 19.0 Å². The number of benzene rings is 1. The number of nitrogens with one attached hydrogen (secondary N) is 1. The van der Waals surface area contributed by atoms with E-state index in [9.17, 15) is 22.8 Å². The van der Waals surface area contributed by atoms with Crippen LogP contribution in [0.25, 0.3) is 5.69 Å². The molecule has 0 unspecified atom stereocenters. The number of ether oxygens (including phenoxy) is 2. The van der Waals surface area contributed by atoms with Crippen LogP contribution in [-0.2, 0) is 11.2 Å². The highest BCUT2D eigenvalue weighted by Gasteiger charge is 2.30. The Morgan fingerprint density at radius 2 is 1.86 bits per heavy atom. The molecule has 1 saturated carbocycles. The van der Waals surface area contributed by atoms with Crippen molar-refractivity contribution in [2.75, 3.05) is 18.5 Å². The Kier molecular flexibility index (Phi) is 4.48. The van der Waals surface area contributed by atoms with Gasteiger partial charge in [-0.1, -0.05) is 0 Å². The van der Waals surface area contributed by atoms with Crippen LogP contribution in [0.15, 0.2) is 29.1 Å². The van der Waals surface area contributed by atoms with E-state index in [1.54, 1.807) is 0 Å². The number of hydrogen-bond donors (Lipinski definition) is 1. The number of amides is 1. The minimum absolute atomic E-state index is 0.0144. The van der Waals surface area contributed by atoms with Crippen molar-refractivity contribution in [3.63, 3.8) is 0 Å². The lowest BCUT2D eigenvalue weighted by atomic mass is 10.2. The number of nitrogens with zero attached hydrogens (tertiary/aromatic N) is 2. The van der Waals surface area contributed by atoms with Crippen molar-refractivity contribution in [3.05, 3.63) is 40.2 Å². The standard InChI is InChI=1S/C18H16F3N3O4/c19-18(20,21)9-28-12-5-3-11(4-6-12)24-16(26)13-7-14(25)22-15(13)23-17(24)27-8-10-1-2-10/h3-6,10H,1-2,7-9H2,(H,22,25). The van der Waals surface area contributed by atoms with Crippen LogP contribution in [0.1, 0.15) is 18.4 Å². The predicted molar refractivity (Wildman–Crippen MR) is 91.9 cm³/mol. The molecule has 1 amide bonds. The second-order valence-electron chi connectivity index (χ2n) is 6.74. The molecule has 2 aliphatic rings. The van der Waals surface area contributed by atoms with Crippen molar-refractivity contribution < 1.29 is 27.4 Å². The maximum Gasteiger partial charge on any atom is 0.422 e. The number of rotatable bonds is 6. The van der Waals surface area contributed by atoms with Crippen molar-refractivity contribution in [1.82, 2.24) is 9.55 Å². The summed E-state index contributed by atoms with van der Waals surface area (Å²) >= 11 is 0. The summed E-state index contributed by atoms with van der Waals surface area (Å²) in [5.74, 6) is 0.274. The second-order valence-corrected chi connectivity index (χ2v) is 6.74. The molecule has 1 fully saturated rings. The van der Waals surface area contributed by atoms with E-state index in [1.165, 1.54) is 28.8 Å². The maximum absolute atomic E-state index is 12.9. The third kappa shape index (κ3) is 3.95. The van der Waals surface area contributed by atoms with E-state index in [-0.39, 0.29) is 35.5 Å². The van der Waals surface area contributed by atoms with Crippen LogP contribution in [-0.4, -0.2) is 34.8 Å². The van der Waals surface area contributed by atoms with Crippen LogP contribution in [0.3, 0.4) is 0 Å². The smallest absolute Gasteiger partial charge is 0.422 e. The van der Waals surface area contributed by atoms with E-state index in [4.69, 9.17) is 4.74 Å². The van der Waals surface area contributed by atoms with Gasteiger partial charge in [-0.05, 0) is 43.0 Å². The molecule has 28 heavy (non-hydrogen) atoms. The quantitative estimate of drug-likeness (QED) is 0.813. The number of carbonyl (C=O) groups is 1. The summed E-state index contributed by atoms with van der Waals surface area (Å²) in [6.07, 6.45) is -2.45. The minimum atomic E-state index is -4.44. The lowest BCUT2D eigenvalue weighted by Gasteiger charge is -2.15. The van der Waals surface area contributed by atoms with Gasteiger partial charge in [0.2, 0.25) is 5.91 Å².